The van der Waals surface area contributed by atoms with Crippen LogP contribution in [-0.4, -0.2) is 65.2 Å². The minimum absolute atomic E-state index is 0.0254. The van der Waals surface area contributed by atoms with Gasteiger partial charge < -0.3 is 14.7 Å². The van der Waals surface area contributed by atoms with Crippen LogP contribution in [0, 0.1) is 28.6 Å². The normalized spacial score (nSPS) is 35.6. The Bertz CT molecular complexity index is 1080. The van der Waals surface area contributed by atoms with Gasteiger partial charge >= 0.3 is 5.97 Å². The summed E-state index contributed by atoms with van der Waals surface area (Å²) in [6.45, 7) is 10.6. The molecule has 0 aromatic rings. The van der Waals surface area contributed by atoms with Crippen LogP contribution in [0.5, 0.6) is 0 Å². The van der Waals surface area contributed by atoms with Crippen LogP contribution in [0.1, 0.15) is 85.5 Å². The minimum atomic E-state index is -1.72. The molecule has 0 radical (unpaired) electrons. The Morgan fingerprint density at radius 3 is 2.51 bits per heavy atom. The Balaban J connectivity index is 1.38. The molecule has 3 fully saturated rings. The number of rotatable bonds is 11. The van der Waals surface area contributed by atoms with E-state index in [1.165, 1.54) is 6.08 Å². The average molecular weight is 562 g/mol. The van der Waals surface area contributed by atoms with Gasteiger partial charge in [-0.25, -0.2) is 0 Å². The molecule has 6 atom stereocenters. The summed E-state index contributed by atoms with van der Waals surface area (Å²) >= 11 is 6.64. The molecule has 216 valence electrons. The second-order valence-corrected chi connectivity index (χ2v) is 12.8. The first-order valence-electron chi connectivity index (χ1n) is 14.7. The molecule has 4 aliphatic rings. The first-order chi connectivity index (χ1) is 18.4. The molecule has 0 aliphatic heterocycles. The van der Waals surface area contributed by atoms with Gasteiger partial charge in [0.2, 0.25) is 5.78 Å². The zero-order valence-corrected chi connectivity index (χ0v) is 24.6. The fourth-order valence-corrected chi connectivity index (χ4v) is 8.56. The summed E-state index contributed by atoms with van der Waals surface area (Å²) in [5, 5.41) is 12.2. The van der Waals surface area contributed by atoms with E-state index in [1.807, 2.05) is 13.8 Å². The van der Waals surface area contributed by atoms with E-state index >= 15 is 0 Å². The number of ketones is 3. The number of carbonyl (C=O) groups is 4. The zero-order valence-electron chi connectivity index (χ0n) is 23.9. The predicted octanol–water partition coefficient (Wildman–Crippen LogP) is 4.79. The summed E-state index contributed by atoms with van der Waals surface area (Å²) in [4.78, 5) is 54.0. The number of nitrogens with zero attached hydrogens (tertiary/aromatic N) is 1. The highest BCUT2D eigenvalue weighted by Gasteiger charge is 2.69. The molecule has 0 spiro atoms. The van der Waals surface area contributed by atoms with Crippen LogP contribution in [0.25, 0.3) is 0 Å². The van der Waals surface area contributed by atoms with E-state index < -0.39 is 34.8 Å². The van der Waals surface area contributed by atoms with Crippen molar-refractivity contribution in [1.29, 1.82) is 0 Å². The van der Waals surface area contributed by atoms with Crippen molar-refractivity contribution >= 4 is 34.9 Å². The number of hydrogen-bond donors (Lipinski definition) is 1. The molecule has 8 heteroatoms. The van der Waals surface area contributed by atoms with E-state index in [0.717, 1.165) is 38.0 Å². The average Bonchev–Trinajstić information content (AvgIpc) is 3.16. The highest BCUT2D eigenvalue weighted by molar-refractivity contribution is 6.33. The van der Waals surface area contributed by atoms with Gasteiger partial charge in [-0.1, -0.05) is 51.3 Å². The monoisotopic (exact) mass is 561 g/mol. The van der Waals surface area contributed by atoms with Gasteiger partial charge in [0, 0.05) is 40.7 Å². The Hall–Kier alpha value is -1.83. The van der Waals surface area contributed by atoms with Crippen LogP contribution in [0.15, 0.2) is 22.8 Å². The number of hydrogen-bond acceptors (Lipinski definition) is 7. The fraction of sp³-hybridized carbons (Fsp3) is 0.742. The molecule has 4 aliphatic carbocycles. The van der Waals surface area contributed by atoms with E-state index in [9.17, 15) is 24.3 Å². The molecular weight excluding hydrogens is 518 g/mol. The second kappa shape index (κ2) is 11.6. The Morgan fingerprint density at radius 2 is 1.82 bits per heavy atom. The zero-order chi connectivity index (χ0) is 28.6. The molecule has 4 rings (SSSR count). The molecule has 0 amide bonds. The van der Waals surface area contributed by atoms with Crippen LogP contribution >= 0.6 is 11.6 Å². The summed E-state index contributed by atoms with van der Waals surface area (Å²) in [6.07, 6.45) is 8.20. The molecule has 0 saturated heterocycles. The number of unbranched alkanes of at least 4 members (excludes halogenated alkanes) is 2. The highest BCUT2D eigenvalue weighted by atomic mass is 35.5. The molecule has 0 aromatic heterocycles. The number of aliphatic hydroxyl groups is 1. The Labute approximate surface area is 237 Å². The number of esters is 1. The van der Waals surface area contributed by atoms with Crippen molar-refractivity contribution in [3.63, 3.8) is 0 Å². The summed E-state index contributed by atoms with van der Waals surface area (Å²) < 4.78 is 5.31. The molecule has 0 unspecified atom stereocenters. The lowest BCUT2D eigenvalue weighted by molar-refractivity contribution is -0.172. The highest BCUT2D eigenvalue weighted by Crippen LogP contribution is 2.67. The lowest BCUT2D eigenvalue weighted by Gasteiger charge is -2.57. The van der Waals surface area contributed by atoms with Gasteiger partial charge in [0.05, 0.1) is 0 Å². The molecule has 0 bridgehead atoms. The van der Waals surface area contributed by atoms with Crippen LogP contribution in [0.4, 0.5) is 0 Å². The summed E-state index contributed by atoms with van der Waals surface area (Å²) in [7, 11) is 0. The molecule has 1 N–H and O–H groups in total. The second-order valence-electron chi connectivity index (χ2n) is 12.4. The van der Waals surface area contributed by atoms with Crippen molar-refractivity contribution < 1.29 is 29.0 Å². The van der Waals surface area contributed by atoms with E-state index in [0.29, 0.717) is 30.7 Å². The summed E-state index contributed by atoms with van der Waals surface area (Å²) in [5.74, 6) is -1.59. The third kappa shape index (κ3) is 5.19. The maximum atomic E-state index is 13.8. The van der Waals surface area contributed by atoms with E-state index in [2.05, 4.69) is 18.7 Å². The number of fused-ring (bicyclic) bond motifs is 5. The van der Waals surface area contributed by atoms with Crippen molar-refractivity contribution in [2.24, 2.45) is 28.6 Å². The molecule has 0 heterocycles. The van der Waals surface area contributed by atoms with Crippen molar-refractivity contribution in [2.45, 2.75) is 91.1 Å². The molecule has 39 heavy (non-hydrogen) atoms. The van der Waals surface area contributed by atoms with Gasteiger partial charge in [0.1, 0.15) is 11.4 Å². The van der Waals surface area contributed by atoms with E-state index in [-0.39, 0.29) is 48.6 Å². The smallest absolute Gasteiger partial charge is 0.306 e. The van der Waals surface area contributed by atoms with Gasteiger partial charge in [0.15, 0.2) is 12.4 Å². The topological polar surface area (TPSA) is 101 Å². The number of halogens is 1. The molecule has 3 saturated carbocycles. The number of carbonyl (C=O) groups excluding carboxylic acids is 4. The van der Waals surface area contributed by atoms with E-state index in [1.54, 1.807) is 6.08 Å². The molecule has 7 nitrogen and oxygen atoms in total. The largest absolute Gasteiger partial charge is 0.458 e. The quantitative estimate of drug-likeness (QED) is 0.286. The maximum absolute atomic E-state index is 13.8. The maximum Gasteiger partial charge on any atom is 0.306 e. The number of ether oxygens (including phenoxy) is 1. The van der Waals surface area contributed by atoms with Gasteiger partial charge in [-0.3, -0.25) is 19.2 Å². The lowest BCUT2D eigenvalue weighted by Crippen LogP contribution is -2.61. The molecule has 0 aromatic carbocycles. The van der Waals surface area contributed by atoms with Crippen molar-refractivity contribution in [3.05, 3.63) is 22.8 Å². The van der Waals surface area contributed by atoms with Gasteiger partial charge in [-0.05, 0) is 76.1 Å². The van der Waals surface area contributed by atoms with Gasteiger partial charge in [-0.15, -0.1) is 0 Å². The van der Waals surface area contributed by atoms with Crippen molar-refractivity contribution in [1.82, 2.24) is 4.90 Å². The van der Waals surface area contributed by atoms with Crippen LogP contribution in [-0.2, 0) is 23.9 Å². The fourth-order valence-electron chi connectivity index (χ4n) is 8.21. The number of Topliss-reactive ketones (excluding diaryl/α,β-unsaturated/α-hetero) is 2. The predicted molar refractivity (Wildman–Crippen MR) is 149 cm³/mol. The van der Waals surface area contributed by atoms with Gasteiger partial charge in [0.25, 0.3) is 0 Å². The Kier molecular flexibility index (Phi) is 8.94. The van der Waals surface area contributed by atoms with Crippen LogP contribution < -0.4 is 0 Å². The summed E-state index contributed by atoms with van der Waals surface area (Å²) in [6, 6.07) is 0. The standard InChI is InChI=1S/C31H44ClNO6/c1-5-33(6-2)15-9-7-8-10-27(37)39-19-26(36)31(38)14-13-23-22-12-11-20-16-21(34)17-25(32)30(20,4)28(22)24(35)18-29(23,31)3/h16-17,22-23,28,38H,5-15,18-19H2,1-4H3/t22-,23-,28+,29-,30+,31-/m0/s1. The Morgan fingerprint density at radius 1 is 1.10 bits per heavy atom. The first kappa shape index (κ1) is 30.1. The van der Waals surface area contributed by atoms with Crippen molar-refractivity contribution in [2.75, 3.05) is 26.2 Å². The third-order valence-electron chi connectivity index (χ3n) is 10.6. The van der Waals surface area contributed by atoms with Crippen molar-refractivity contribution in [3.8, 4) is 0 Å². The molecular formula is C31H44ClNO6. The lowest BCUT2D eigenvalue weighted by atomic mass is 9.46. The number of allylic oxidation sites excluding steroid dienone is 4. The third-order valence-corrected chi connectivity index (χ3v) is 11.1. The SMILES string of the molecule is CCN(CC)CCCCCC(=O)OCC(=O)[C@@]1(O)CC[C@H]2[C@@H]3CCC4=CC(=O)C=C(Cl)[C@]4(C)[C@H]3C(=O)C[C@@]21C. The van der Waals surface area contributed by atoms with Crippen LogP contribution in [0.2, 0.25) is 0 Å². The van der Waals surface area contributed by atoms with Gasteiger partial charge in [-0.2, -0.15) is 0 Å². The minimum Gasteiger partial charge on any atom is -0.458 e. The summed E-state index contributed by atoms with van der Waals surface area (Å²) in [5.41, 5.74) is -2.47. The first-order valence-corrected chi connectivity index (χ1v) is 15.1. The van der Waals surface area contributed by atoms with E-state index in [4.69, 9.17) is 16.3 Å². The van der Waals surface area contributed by atoms with Crippen LogP contribution in [0.3, 0.4) is 0 Å².